The van der Waals surface area contributed by atoms with Crippen LogP contribution in [-0.2, 0) is 16.1 Å². The number of benzene rings is 2. The first-order valence-electron chi connectivity index (χ1n) is 8.22. The number of carbonyl (C=O) groups is 2. The number of hydrogen-bond acceptors (Lipinski definition) is 4. The molecule has 2 amide bonds. The minimum absolute atomic E-state index is 0.244. The fourth-order valence-corrected chi connectivity index (χ4v) is 2.58. The van der Waals surface area contributed by atoms with E-state index in [1.54, 1.807) is 31.2 Å². The van der Waals surface area contributed by atoms with E-state index in [-0.39, 0.29) is 18.6 Å². The Morgan fingerprint density at radius 2 is 1.78 bits per heavy atom. The number of anilines is 1. The highest BCUT2D eigenvalue weighted by Gasteiger charge is 2.12. The third kappa shape index (κ3) is 4.35. The molecule has 0 fully saturated rings. The van der Waals surface area contributed by atoms with Crippen molar-refractivity contribution in [2.24, 2.45) is 0 Å². The molecule has 1 aromatic heterocycles. The van der Waals surface area contributed by atoms with Gasteiger partial charge in [-0.1, -0.05) is 12.1 Å². The molecule has 0 aliphatic carbocycles. The molecule has 8 heteroatoms. The van der Waals surface area contributed by atoms with Gasteiger partial charge in [0.1, 0.15) is 18.2 Å². The van der Waals surface area contributed by atoms with Crippen molar-refractivity contribution in [2.45, 2.75) is 13.5 Å². The SMILES string of the molecule is Cc1nc2ccccc2c(=O)n1CC(=O)NCC(=O)Nc1ccc(F)cc1. The topological polar surface area (TPSA) is 93.1 Å². The standard InChI is InChI=1S/C19H17FN4O3/c1-12-22-16-5-3-2-4-15(16)19(27)24(12)11-18(26)21-10-17(25)23-14-8-6-13(20)7-9-14/h2-9H,10-11H2,1H3,(H,21,26)(H,23,25). The summed E-state index contributed by atoms with van der Waals surface area (Å²) in [6.07, 6.45) is 0. The van der Waals surface area contributed by atoms with Crippen molar-refractivity contribution < 1.29 is 14.0 Å². The van der Waals surface area contributed by atoms with Gasteiger partial charge in [-0.05, 0) is 43.3 Å². The van der Waals surface area contributed by atoms with Gasteiger partial charge in [0.15, 0.2) is 0 Å². The van der Waals surface area contributed by atoms with Gasteiger partial charge in [-0.15, -0.1) is 0 Å². The first-order valence-corrected chi connectivity index (χ1v) is 8.22. The van der Waals surface area contributed by atoms with E-state index in [9.17, 15) is 18.8 Å². The summed E-state index contributed by atoms with van der Waals surface area (Å²) in [5.41, 5.74) is 0.667. The molecule has 0 radical (unpaired) electrons. The summed E-state index contributed by atoms with van der Waals surface area (Å²) in [6, 6.07) is 12.2. The van der Waals surface area contributed by atoms with E-state index in [0.29, 0.717) is 22.4 Å². The van der Waals surface area contributed by atoms with Crippen LogP contribution in [0.2, 0.25) is 0 Å². The van der Waals surface area contributed by atoms with Crippen molar-refractivity contribution in [3.63, 3.8) is 0 Å². The summed E-state index contributed by atoms with van der Waals surface area (Å²) in [6.45, 7) is 1.12. The maximum absolute atomic E-state index is 12.8. The highest BCUT2D eigenvalue weighted by Crippen LogP contribution is 2.08. The number of nitrogens with zero attached hydrogens (tertiary/aromatic N) is 2. The molecular weight excluding hydrogens is 351 g/mol. The van der Waals surface area contributed by atoms with Crippen LogP contribution in [0.15, 0.2) is 53.3 Å². The zero-order chi connectivity index (χ0) is 19.4. The van der Waals surface area contributed by atoms with Gasteiger partial charge >= 0.3 is 0 Å². The molecule has 3 aromatic rings. The summed E-state index contributed by atoms with van der Waals surface area (Å²) in [5.74, 6) is -0.960. The lowest BCUT2D eigenvalue weighted by Gasteiger charge is -2.11. The van der Waals surface area contributed by atoms with Crippen LogP contribution >= 0.6 is 0 Å². The Morgan fingerprint density at radius 1 is 1.07 bits per heavy atom. The van der Waals surface area contributed by atoms with Crippen LogP contribution in [0.3, 0.4) is 0 Å². The fourth-order valence-electron chi connectivity index (χ4n) is 2.58. The van der Waals surface area contributed by atoms with E-state index in [2.05, 4.69) is 15.6 Å². The van der Waals surface area contributed by atoms with Crippen LogP contribution in [0.1, 0.15) is 5.82 Å². The molecule has 0 aliphatic heterocycles. The lowest BCUT2D eigenvalue weighted by molar-refractivity contribution is -0.124. The molecule has 3 rings (SSSR count). The molecule has 0 saturated heterocycles. The second-order valence-corrected chi connectivity index (χ2v) is 5.90. The average molecular weight is 368 g/mol. The van der Waals surface area contributed by atoms with Crippen molar-refractivity contribution in [3.8, 4) is 0 Å². The third-order valence-corrected chi connectivity index (χ3v) is 3.93. The van der Waals surface area contributed by atoms with Crippen molar-refractivity contribution in [1.82, 2.24) is 14.9 Å². The highest BCUT2D eigenvalue weighted by molar-refractivity contribution is 5.94. The Labute approximate surface area is 153 Å². The van der Waals surface area contributed by atoms with E-state index in [1.165, 1.54) is 28.8 Å². The number of hydrogen-bond donors (Lipinski definition) is 2. The van der Waals surface area contributed by atoms with E-state index in [0.717, 1.165) is 0 Å². The summed E-state index contributed by atoms with van der Waals surface area (Å²) < 4.78 is 14.1. The number of nitrogens with one attached hydrogen (secondary N) is 2. The normalized spacial score (nSPS) is 10.6. The van der Waals surface area contributed by atoms with Gasteiger partial charge in [-0.25, -0.2) is 9.37 Å². The van der Waals surface area contributed by atoms with Crippen LogP contribution in [-0.4, -0.2) is 27.9 Å². The molecule has 7 nitrogen and oxygen atoms in total. The second kappa shape index (κ2) is 7.77. The van der Waals surface area contributed by atoms with Gasteiger partial charge in [0.2, 0.25) is 11.8 Å². The number of rotatable bonds is 5. The smallest absolute Gasteiger partial charge is 0.261 e. The quantitative estimate of drug-likeness (QED) is 0.715. The molecule has 0 spiro atoms. The lowest BCUT2D eigenvalue weighted by Crippen LogP contribution is -2.37. The van der Waals surface area contributed by atoms with Gasteiger partial charge < -0.3 is 10.6 Å². The Morgan fingerprint density at radius 3 is 2.52 bits per heavy atom. The van der Waals surface area contributed by atoms with Crippen LogP contribution in [0, 0.1) is 12.7 Å². The first-order chi connectivity index (χ1) is 12.9. The molecule has 0 saturated carbocycles. The predicted molar refractivity (Wildman–Crippen MR) is 98.8 cm³/mol. The van der Waals surface area contributed by atoms with Crippen LogP contribution in [0.4, 0.5) is 10.1 Å². The molecule has 1 heterocycles. The number of carbonyl (C=O) groups excluding carboxylic acids is 2. The fraction of sp³-hybridized carbons (Fsp3) is 0.158. The second-order valence-electron chi connectivity index (χ2n) is 5.90. The monoisotopic (exact) mass is 368 g/mol. The van der Waals surface area contributed by atoms with E-state index in [4.69, 9.17) is 0 Å². The summed E-state index contributed by atoms with van der Waals surface area (Å²) in [5, 5.41) is 5.41. The molecule has 27 heavy (non-hydrogen) atoms. The molecule has 0 bridgehead atoms. The highest BCUT2D eigenvalue weighted by atomic mass is 19.1. The van der Waals surface area contributed by atoms with Crippen LogP contribution in [0.5, 0.6) is 0 Å². The number of halogens is 1. The summed E-state index contributed by atoms with van der Waals surface area (Å²) in [7, 11) is 0. The zero-order valence-corrected chi connectivity index (χ0v) is 14.5. The van der Waals surface area contributed by atoms with Gasteiger partial charge in [0.05, 0.1) is 17.4 Å². The van der Waals surface area contributed by atoms with Gasteiger partial charge in [-0.2, -0.15) is 0 Å². The maximum Gasteiger partial charge on any atom is 0.261 e. The molecule has 138 valence electrons. The molecule has 0 unspecified atom stereocenters. The minimum Gasteiger partial charge on any atom is -0.345 e. The molecule has 2 N–H and O–H groups in total. The van der Waals surface area contributed by atoms with E-state index < -0.39 is 17.6 Å². The van der Waals surface area contributed by atoms with Crippen LogP contribution in [0.25, 0.3) is 10.9 Å². The number of amides is 2. The number of aryl methyl sites for hydroxylation is 1. The average Bonchev–Trinajstić information content (AvgIpc) is 2.65. The first kappa shape index (κ1) is 18.2. The zero-order valence-electron chi connectivity index (χ0n) is 14.5. The Kier molecular flexibility index (Phi) is 5.25. The largest absolute Gasteiger partial charge is 0.345 e. The number of fused-ring (bicyclic) bond motifs is 1. The van der Waals surface area contributed by atoms with E-state index in [1.807, 2.05) is 0 Å². The third-order valence-electron chi connectivity index (χ3n) is 3.93. The molecular formula is C19H17FN4O3. The van der Waals surface area contributed by atoms with Gasteiger partial charge in [-0.3, -0.25) is 19.0 Å². The van der Waals surface area contributed by atoms with Crippen molar-refractivity contribution in [2.75, 3.05) is 11.9 Å². The lowest BCUT2D eigenvalue weighted by atomic mass is 10.2. The summed E-state index contributed by atoms with van der Waals surface area (Å²) >= 11 is 0. The molecule has 2 aromatic carbocycles. The number of aromatic nitrogens is 2. The van der Waals surface area contributed by atoms with Crippen molar-refractivity contribution in [1.29, 1.82) is 0 Å². The molecule has 0 aliphatic rings. The van der Waals surface area contributed by atoms with Crippen LogP contribution < -0.4 is 16.2 Å². The predicted octanol–water partition coefficient (Wildman–Crippen LogP) is 1.60. The van der Waals surface area contributed by atoms with Crippen molar-refractivity contribution in [3.05, 3.63) is 70.5 Å². The van der Waals surface area contributed by atoms with Gasteiger partial charge in [0.25, 0.3) is 5.56 Å². The Bertz CT molecular complexity index is 1060. The maximum atomic E-state index is 12.8. The van der Waals surface area contributed by atoms with Crippen molar-refractivity contribution >= 4 is 28.4 Å². The Balaban J connectivity index is 1.62. The summed E-state index contributed by atoms with van der Waals surface area (Å²) in [4.78, 5) is 40.8. The Hall–Kier alpha value is -3.55. The van der Waals surface area contributed by atoms with Gasteiger partial charge in [0, 0.05) is 5.69 Å². The molecule has 0 atom stereocenters. The number of para-hydroxylation sites is 1. The van der Waals surface area contributed by atoms with E-state index >= 15 is 0 Å². The minimum atomic E-state index is -0.494.